The summed E-state index contributed by atoms with van der Waals surface area (Å²) < 4.78 is 5.41. The molecule has 2 amide bonds. The molecular formula is C29H30N4O4. The zero-order valence-corrected chi connectivity index (χ0v) is 20.8. The number of carbonyl (C=O) groups excluding carboxylic acids is 2. The van der Waals surface area contributed by atoms with Crippen LogP contribution in [0.4, 0.5) is 16.2 Å². The highest BCUT2D eigenvalue weighted by Crippen LogP contribution is 2.20. The van der Waals surface area contributed by atoms with Crippen LogP contribution in [-0.4, -0.2) is 30.1 Å². The van der Waals surface area contributed by atoms with Crippen LogP contribution in [-0.2, 0) is 16.1 Å². The number of rotatable bonds is 9. The molecule has 4 N–H and O–H groups in total. The van der Waals surface area contributed by atoms with Gasteiger partial charge in [0.25, 0.3) is 5.56 Å². The Kier molecular flexibility index (Phi) is 8.20. The number of hydrogen-bond donors (Lipinski definition) is 4. The number of pyridine rings is 1. The number of aryl methyl sites for hydroxylation is 1. The fourth-order valence-electron chi connectivity index (χ4n) is 4.08. The summed E-state index contributed by atoms with van der Waals surface area (Å²) in [4.78, 5) is 39.3. The average Bonchev–Trinajstić information content (AvgIpc) is 2.90. The number of hydrogen-bond acceptors (Lipinski definition) is 5. The maximum atomic E-state index is 12.3. The minimum Gasteiger partial charge on any atom is -0.449 e. The van der Waals surface area contributed by atoms with Crippen molar-refractivity contribution < 1.29 is 14.3 Å². The summed E-state index contributed by atoms with van der Waals surface area (Å²) in [5.74, 6) is -0.123. The highest BCUT2D eigenvalue weighted by Gasteiger charge is 2.12. The quantitative estimate of drug-likeness (QED) is 0.262. The van der Waals surface area contributed by atoms with Crippen molar-refractivity contribution in [2.45, 2.75) is 26.3 Å². The van der Waals surface area contributed by atoms with E-state index >= 15 is 0 Å². The number of H-pyrrole nitrogens is 1. The van der Waals surface area contributed by atoms with Gasteiger partial charge in [-0.1, -0.05) is 49.4 Å². The van der Waals surface area contributed by atoms with Crippen molar-refractivity contribution in [1.29, 1.82) is 0 Å². The minimum atomic E-state index is -0.528. The molecule has 0 aliphatic rings. The third kappa shape index (κ3) is 6.98. The smallest absolute Gasteiger partial charge is 0.411 e. The lowest BCUT2D eigenvalue weighted by molar-refractivity contribution is -0.119. The number of fused-ring (bicyclic) bond motifs is 1. The summed E-state index contributed by atoms with van der Waals surface area (Å²) in [7, 11) is 0. The number of carbonyl (C=O) groups is 2. The van der Waals surface area contributed by atoms with E-state index in [2.05, 4.69) is 20.9 Å². The summed E-state index contributed by atoms with van der Waals surface area (Å²) in [5, 5.41) is 10.0. The fraction of sp³-hybridized carbons (Fsp3) is 0.207. The lowest BCUT2D eigenvalue weighted by atomic mass is 9.97. The number of ether oxygens (including phenoxy) is 1. The van der Waals surface area contributed by atoms with Crippen LogP contribution < -0.4 is 21.5 Å². The number of benzene rings is 3. The summed E-state index contributed by atoms with van der Waals surface area (Å²) >= 11 is 0. The van der Waals surface area contributed by atoms with E-state index in [1.165, 1.54) is 0 Å². The first-order valence-electron chi connectivity index (χ1n) is 12.1. The Hall–Kier alpha value is -4.59. The number of aromatic nitrogens is 1. The fourth-order valence-corrected chi connectivity index (χ4v) is 4.08. The molecular weight excluding hydrogens is 468 g/mol. The molecule has 8 heteroatoms. The number of anilines is 2. The maximum absolute atomic E-state index is 12.3. The van der Waals surface area contributed by atoms with E-state index in [1.807, 2.05) is 62.4 Å². The van der Waals surface area contributed by atoms with Crippen molar-refractivity contribution in [2.24, 2.45) is 0 Å². The van der Waals surface area contributed by atoms with E-state index in [-0.39, 0.29) is 30.5 Å². The van der Waals surface area contributed by atoms with Crippen LogP contribution in [0.5, 0.6) is 0 Å². The molecule has 0 spiro atoms. The third-order valence-corrected chi connectivity index (χ3v) is 6.08. The van der Waals surface area contributed by atoms with Crippen LogP contribution in [0.2, 0.25) is 0 Å². The van der Waals surface area contributed by atoms with Crippen LogP contribution in [0, 0.1) is 6.92 Å². The standard InChI is InChI=1S/C29H30N4O4/c1-19-6-3-4-9-25(19)20(2)18-37-29(36)33-24-8-5-7-21(14-24)16-32-27(34)17-31-23-11-10-22-12-13-30-28(35)26(22)15-23/h3-15,20,31H,16-18H2,1-2H3,(H,30,35)(H,32,34)(H,33,36). The van der Waals surface area contributed by atoms with Gasteiger partial charge < -0.3 is 20.4 Å². The molecule has 0 bridgehead atoms. The van der Waals surface area contributed by atoms with Gasteiger partial charge in [-0.3, -0.25) is 14.9 Å². The maximum Gasteiger partial charge on any atom is 0.411 e. The first kappa shape index (κ1) is 25.5. The molecule has 8 nitrogen and oxygen atoms in total. The lowest BCUT2D eigenvalue weighted by Gasteiger charge is -2.15. The average molecular weight is 499 g/mol. The largest absolute Gasteiger partial charge is 0.449 e. The summed E-state index contributed by atoms with van der Waals surface area (Å²) in [5.41, 5.74) is 4.23. The van der Waals surface area contributed by atoms with Gasteiger partial charge in [0.05, 0.1) is 13.2 Å². The predicted octanol–water partition coefficient (Wildman–Crippen LogP) is 4.92. The Morgan fingerprint density at radius 1 is 0.973 bits per heavy atom. The topological polar surface area (TPSA) is 112 Å². The molecule has 0 saturated heterocycles. The molecule has 0 fully saturated rings. The molecule has 190 valence electrons. The van der Waals surface area contributed by atoms with Crippen molar-refractivity contribution in [2.75, 3.05) is 23.8 Å². The molecule has 4 rings (SSSR count). The normalized spacial score (nSPS) is 11.5. The Bertz CT molecular complexity index is 1460. The molecule has 3 aromatic carbocycles. The van der Waals surface area contributed by atoms with Gasteiger partial charge in [-0.15, -0.1) is 0 Å². The molecule has 1 aromatic heterocycles. The van der Waals surface area contributed by atoms with E-state index in [0.717, 1.165) is 22.1 Å². The Morgan fingerprint density at radius 2 is 1.81 bits per heavy atom. The lowest BCUT2D eigenvalue weighted by Crippen LogP contribution is -2.29. The number of aromatic amines is 1. The molecule has 37 heavy (non-hydrogen) atoms. The molecule has 4 aromatic rings. The minimum absolute atomic E-state index is 0.0551. The van der Waals surface area contributed by atoms with Gasteiger partial charge in [0.15, 0.2) is 0 Å². The van der Waals surface area contributed by atoms with Crippen molar-refractivity contribution in [3.63, 3.8) is 0 Å². The van der Waals surface area contributed by atoms with Crippen LogP contribution in [0.3, 0.4) is 0 Å². The van der Waals surface area contributed by atoms with Gasteiger partial charge in [-0.2, -0.15) is 0 Å². The monoisotopic (exact) mass is 498 g/mol. The van der Waals surface area contributed by atoms with Gasteiger partial charge >= 0.3 is 6.09 Å². The van der Waals surface area contributed by atoms with Gasteiger partial charge in [0, 0.05) is 35.4 Å². The molecule has 0 aliphatic carbocycles. The number of amides is 2. The zero-order chi connectivity index (χ0) is 26.2. The molecule has 0 saturated carbocycles. The molecule has 1 atom stereocenters. The highest BCUT2D eigenvalue weighted by atomic mass is 16.5. The van der Waals surface area contributed by atoms with E-state index in [9.17, 15) is 14.4 Å². The zero-order valence-electron chi connectivity index (χ0n) is 20.8. The van der Waals surface area contributed by atoms with Crippen LogP contribution in [0.1, 0.15) is 29.5 Å². The van der Waals surface area contributed by atoms with E-state index < -0.39 is 6.09 Å². The van der Waals surface area contributed by atoms with Crippen LogP contribution >= 0.6 is 0 Å². The van der Waals surface area contributed by atoms with E-state index in [1.54, 1.807) is 30.5 Å². The van der Waals surface area contributed by atoms with E-state index in [4.69, 9.17) is 4.74 Å². The summed E-state index contributed by atoms with van der Waals surface area (Å²) in [6.45, 7) is 4.68. The highest BCUT2D eigenvalue weighted by molar-refractivity contribution is 5.86. The molecule has 0 aliphatic heterocycles. The first-order valence-corrected chi connectivity index (χ1v) is 12.1. The second-order valence-corrected chi connectivity index (χ2v) is 8.92. The number of nitrogens with one attached hydrogen (secondary N) is 4. The first-order chi connectivity index (χ1) is 17.9. The Balaban J connectivity index is 1.23. The van der Waals surface area contributed by atoms with Gasteiger partial charge in [-0.25, -0.2) is 4.79 Å². The van der Waals surface area contributed by atoms with Crippen molar-refractivity contribution in [3.05, 3.63) is 106 Å². The second kappa shape index (κ2) is 11.9. The van der Waals surface area contributed by atoms with Gasteiger partial charge in [0.2, 0.25) is 5.91 Å². The van der Waals surface area contributed by atoms with Crippen LogP contribution in [0.15, 0.2) is 83.8 Å². The van der Waals surface area contributed by atoms with Crippen LogP contribution in [0.25, 0.3) is 10.8 Å². The van der Waals surface area contributed by atoms with Gasteiger partial charge in [-0.05, 0) is 59.3 Å². The molecule has 1 unspecified atom stereocenters. The van der Waals surface area contributed by atoms with Crippen molar-refractivity contribution in [1.82, 2.24) is 10.3 Å². The second-order valence-electron chi connectivity index (χ2n) is 8.92. The summed E-state index contributed by atoms with van der Waals surface area (Å²) in [6.07, 6.45) is 1.08. The van der Waals surface area contributed by atoms with Crippen molar-refractivity contribution in [3.8, 4) is 0 Å². The SMILES string of the molecule is Cc1ccccc1C(C)COC(=O)Nc1cccc(CNC(=O)CNc2ccc3cc[nH]c(=O)c3c2)c1. The Labute approximate surface area is 215 Å². The Morgan fingerprint density at radius 3 is 2.65 bits per heavy atom. The van der Waals surface area contributed by atoms with E-state index in [0.29, 0.717) is 23.3 Å². The third-order valence-electron chi connectivity index (χ3n) is 6.08. The predicted molar refractivity (Wildman–Crippen MR) is 146 cm³/mol. The molecule has 1 heterocycles. The molecule has 0 radical (unpaired) electrons. The van der Waals surface area contributed by atoms with Gasteiger partial charge in [0.1, 0.15) is 0 Å². The summed E-state index contributed by atoms with van der Waals surface area (Å²) in [6, 6.07) is 22.5. The van der Waals surface area contributed by atoms with Crippen molar-refractivity contribution >= 4 is 34.1 Å².